The van der Waals surface area contributed by atoms with Gasteiger partial charge in [-0.05, 0) is 49.9 Å². The van der Waals surface area contributed by atoms with Gasteiger partial charge < -0.3 is 10.5 Å². The second-order valence-corrected chi connectivity index (χ2v) is 4.42. The summed E-state index contributed by atoms with van der Waals surface area (Å²) >= 11 is 0. The quantitative estimate of drug-likeness (QED) is 0.859. The molecule has 0 saturated carbocycles. The van der Waals surface area contributed by atoms with Crippen LogP contribution in [0, 0.1) is 0 Å². The zero-order valence-electron chi connectivity index (χ0n) is 9.99. The Hall–Kier alpha value is -1.77. The van der Waals surface area contributed by atoms with E-state index in [0.717, 1.165) is 35.2 Å². The Kier molecular flexibility index (Phi) is 2.39. The van der Waals surface area contributed by atoms with E-state index < -0.39 is 0 Å². The lowest BCUT2D eigenvalue weighted by Gasteiger charge is -2.10. The van der Waals surface area contributed by atoms with Crippen molar-refractivity contribution < 1.29 is 4.74 Å². The van der Waals surface area contributed by atoms with Crippen LogP contribution in [0.15, 0.2) is 18.2 Å². The Balaban J connectivity index is 2.22. The van der Waals surface area contributed by atoms with Crippen molar-refractivity contribution in [3.8, 4) is 5.75 Å². The minimum absolute atomic E-state index is 0.670. The highest BCUT2D eigenvalue weighted by Gasteiger charge is 2.17. The summed E-state index contributed by atoms with van der Waals surface area (Å²) in [7, 11) is 0. The van der Waals surface area contributed by atoms with E-state index in [0.29, 0.717) is 6.61 Å². The number of benzene rings is 1. The normalized spacial score (nSPS) is 13.9. The monoisotopic (exact) mass is 228 g/mol. The zero-order valence-corrected chi connectivity index (χ0v) is 9.99. The summed E-state index contributed by atoms with van der Waals surface area (Å²) in [5.74, 6) is 0.867. The van der Waals surface area contributed by atoms with Crippen molar-refractivity contribution in [3.05, 3.63) is 29.5 Å². The molecule has 0 radical (unpaired) electrons. The number of aromatic nitrogens is 1. The maximum Gasteiger partial charge on any atom is 0.120 e. The molecule has 1 aliphatic carbocycles. The molecular formula is C14H16N2O. The fraction of sp³-hybridized carbons (Fsp3) is 0.357. The Labute approximate surface area is 101 Å². The third-order valence-corrected chi connectivity index (χ3v) is 3.34. The van der Waals surface area contributed by atoms with Crippen molar-refractivity contribution in [2.75, 3.05) is 12.3 Å². The van der Waals surface area contributed by atoms with Gasteiger partial charge in [0, 0.05) is 16.8 Å². The standard InChI is InChI=1S/C14H16N2O/c1-2-17-9-6-7-13-11(8-9)14(15)10-4-3-5-12(10)16-13/h6-8H,2-5H2,1H3,(H2,15,16). The number of nitrogen functional groups attached to an aromatic ring is 1. The number of anilines is 1. The molecule has 0 fully saturated rings. The number of pyridine rings is 1. The molecule has 0 amide bonds. The Bertz CT molecular complexity index is 578. The van der Waals surface area contributed by atoms with Crippen molar-refractivity contribution in [1.29, 1.82) is 0 Å². The van der Waals surface area contributed by atoms with Gasteiger partial charge in [0.1, 0.15) is 5.75 Å². The smallest absolute Gasteiger partial charge is 0.120 e. The van der Waals surface area contributed by atoms with Gasteiger partial charge in [0.15, 0.2) is 0 Å². The van der Waals surface area contributed by atoms with Crippen LogP contribution >= 0.6 is 0 Å². The van der Waals surface area contributed by atoms with Crippen LogP contribution in [-0.4, -0.2) is 11.6 Å². The van der Waals surface area contributed by atoms with Gasteiger partial charge in [-0.15, -0.1) is 0 Å². The van der Waals surface area contributed by atoms with Gasteiger partial charge in [0.05, 0.1) is 12.1 Å². The number of fused-ring (bicyclic) bond motifs is 2. The van der Waals surface area contributed by atoms with Gasteiger partial charge in [-0.2, -0.15) is 0 Å². The molecule has 3 rings (SSSR count). The number of aryl methyl sites for hydroxylation is 1. The van der Waals surface area contributed by atoms with Crippen molar-refractivity contribution in [2.24, 2.45) is 0 Å². The Morgan fingerprint density at radius 1 is 1.35 bits per heavy atom. The summed E-state index contributed by atoms with van der Waals surface area (Å²) < 4.78 is 5.50. The number of nitrogens with zero attached hydrogens (tertiary/aromatic N) is 1. The topological polar surface area (TPSA) is 48.1 Å². The molecule has 0 saturated heterocycles. The van der Waals surface area contributed by atoms with Gasteiger partial charge in [0.2, 0.25) is 0 Å². The van der Waals surface area contributed by atoms with E-state index in [-0.39, 0.29) is 0 Å². The third kappa shape index (κ3) is 1.62. The van der Waals surface area contributed by atoms with E-state index in [2.05, 4.69) is 4.98 Å². The summed E-state index contributed by atoms with van der Waals surface area (Å²) in [6, 6.07) is 5.95. The maximum atomic E-state index is 6.24. The molecule has 3 nitrogen and oxygen atoms in total. The zero-order chi connectivity index (χ0) is 11.8. The lowest BCUT2D eigenvalue weighted by Crippen LogP contribution is -1.99. The first-order valence-corrected chi connectivity index (χ1v) is 6.13. The molecule has 1 aromatic heterocycles. The summed E-state index contributed by atoms with van der Waals surface area (Å²) in [6.45, 7) is 2.65. The van der Waals surface area contributed by atoms with E-state index >= 15 is 0 Å². The van der Waals surface area contributed by atoms with Crippen LogP contribution in [0.2, 0.25) is 0 Å². The van der Waals surface area contributed by atoms with Crippen molar-refractivity contribution in [2.45, 2.75) is 26.2 Å². The van der Waals surface area contributed by atoms with Gasteiger partial charge in [-0.3, -0.25) is 4.98 Å². The number of rotatable bonds is 2. The van der Waals surface area contributed by atoms with E-state index in [1.807, 2.05) is 25.1 Å². The minimum atomic E-state index is 0.670. The molecule has 88 valence electrons. The minimum Gasteiger partial charge on any atom is -0.494 e. The number of hydrogen-bond acceptors (Lipinski definition) is 3. The van der Waals surface area contributed by atoms with Crippen LogP contribution in [0.4, 0.5) is 5.69 Å². The van der Waals surface area contributed by atoms with E-state index in [1.54, 1.807) is 0 Å². The molecule has 2 N–H and O–H groups in total. The lowest BCUT2D eigenvalue weighted by molar-refractivity contribution is 0.340. The highest BCUT2D eigenvalue weighted by Crippen LogP contribution is 2.33. The van der Waals surface area contributed by atoms with Crippen LogP contribution in [0.3, 0.4) is 0 Å². The van der Waals surface area contributed by atoms with E-state index in [1.165, 1.54) is 17.7 Å². The van der Waals surface area contributed by atoms with Crippen LogP contribution in [0.25, 0.3) is 10.9 Å². The summed E-state index contributed by atoms with van der Waals surface area (Å²) in [4.78, 5) is 4.68. The predicted molar refractivity (Wildman–Crippen MR) is 69.3 cm³/mol. The molecule has 1 aliphatic rings. The SMILES string of the molecule is CCOc1ccc2nc3c(c(N)c2c1)CCC3. The summed E-state index contributed by atoms with van der Waals surface area (Å²) in [5, 5.41) is 1.02. The van der Waals surface area contributed by atoms with Crippen LogP contribution < -0.4 is 10.5 Å². The average Bonchev–Trinajstić information content (AvgIpc) is 2.79. The van der Waals surface area contributed by atoms with Gasteiger partial charge >= 0.3 is 0 Å². The first-order valence-electron chi connectivity index (χ1n) is 6.13. The maximum absolute atomic E-state index is 6.24. The molecule has 0 unspecified atom stereocenters. The number of ether oxygens (including phenoxy) is 1. The molecule has 1 heterocycles. The average molecular weight is 228 g/mol. The van der Waals surface area contributed by atoms with E-state index in [4.69, 9.17) is 10.5 Å². The molecular weight excluding hydrogens is 212 g/mol. The fourth-order valence-electron chi connectivity index (χ4n) is 2.53. The molecule has 1 aromatic carbocycles. The second kappa shape index (κ2) is 3.91. The Morgan fingerprint density at radius 3 is 3.06 bits per heavy atom. The summed E-state index contributed by atoms with van der Waals surface area (Å²) in [6.07, 6.45) is 3.28. The number of hydrogen-bond donors (Lipinski definition) is 1. The van der Waals surface area contributed by atoms with E-state index in [9.17, 15) is 0 Å². The Morgan fingerprint density at radius 2 is 2.24 bits per heavy atom. The van der Waals surface area contributed by atoms with Gasteiger partial charge in [-0.1, -0.05) is 0 Å². The molecule has 0 atom stereocenters. The molecule has 17 heavy (non-hydrogen) atoms. The summed E-state index contributed by atoms with van der Waals surface area (Å²) in [5.41, 5.74) is 10.5. The first-order chi connectivity index (χ1) is 8.29. The first kappa shape index (κ1) is 10.4. The van der Waals surface area contributed by atoms with Crippen molar-refractivity contribution in [3.63, 3.8) is 0 Å². The highest BCUT2D eigenvalue weighted by molar-refractivity contribution is 5.93. The predicted octanol–water partition coefficient (Wildman–Crippen LogP) is 2.70. The largest absolute Gasteiger partial charge is 0.494 e. The molecule has 2 aromatic rings. The number of nitrogens with two attached hydrogens (primary N) is 1. The van der Waals surface area contributed by atoms with Crippen LogP contribution in [0.1, 0.15) is 24.6 Å². The van der Waals surface area contributed by atoms with Gasteiger partial charge in [0.25, 0.3) is 0 Å². The third-order valence-electron chi connectivity index (χ3n) is 3.34. The lowest BCUT2D eigenvalue weighted by atomic mass is 10.1. The molecule has 0 aliphatic heterocycles. The van der Waals surface area contributed by atoms with Crippen LogP contribution in [-0.2, 0) is 12.8 Å². The second-order valence-electron chi connectivity index (χ2n) is 4.42. The molecule has 3 heteroatoms. The molecule has 0 spiro atoms. The van der Waals surface area contributed by atoms with Crippen molar-refractivity contribution >= 4 is 16.6 Å². The molecule has 0 bridgehead atoms. The highest BCUT2D eigenvalue weighted by atomic mass is 16.5. The van der Waals surface area contributed by atoms with Gasteiger partial charge in [-0.25, -0.2) is 0 Å². The van der Waals surface area contributed by atoms with Crippen molar-refractivity contribution in [1.82, 2.24) is 4.98 Å². The van der Waals surface area contributed by atoms with Crippen LogP contribution in [0.5, 0.6) is 5.75 Å². The fourth-order valence-corrected chi connectivity index (χ4v) is 2.53.